The molecule has 4 nitrogen and oxygen atoms in total. The first-order valence-corrected chi connectivity index (χ1v) is 7.47. The van der Waals surface area contributed by atoms with Gasteiger partial charge in [-0.05, 0) is 37.1 Å². The molecule has 0 aliphatic rings. The van der Waals surface area contributed by atoms with Crippen molar-refractivity contribution in [1.82, 2.24) is 9.38 Å². The van der Waals surface area contributed by atoms with Gasteiger partial charge in [-0.1, -0.05) is 35.9 Å². The van der Waals surface area contributed by atoms with E-state index in [1.54, 1.807) is 6.08 Å². The van der Waals surface area contributed by atoms with Crippen LogP contribution in [0.1, 0.15) is 28.1 Å². The number of hydrogen-bond acceptors (Lipinski definition) is 2. The number of benzene rings is 1. The number of aryl methyl sites for hydroxylation is 2. The van der Waals surface area contributed by atoms with Gasteiger partial charge in [0.2, 0.25) is 0 Å². The highest BCUT2D eigenvalue weighted by Crippen LogP contribution is 2.19. The SMILES string of the molecule is Cc1ccc(Cc2nc3ccc(C)cn3c2/C=C/C(=O)O)cc1. The van der Waals surface area contributed by atoms with E-state index < -0.39 is 5.97 Å². The molecule has 2 heterocycles. The van der Waals surface area contributed by atoms with Gasteiger partial charge in [0.05, 0.1) is 11.4 Å². The topological polar surface area (TPSA) is 54.6 Å². The van der Waals surface area contributed by atoms with E-state index >= 15 is 0 Å². The van der Waals surface area contributed by atoms with E-state index in [1.807, 2.05) is 29.7 Å². The molecule has 0 saturated carbocycles. The largest absolute Gasteiger partial charge is 0.478 e. The quantitative estimate of drug-likeness (QED) is 0.749. The van der Waals surface area contributed by atoms with E-state index in [9.17, 15) is 4.79 Å². The molecule has 3 rings (SSSR count). The summed E-state index contributed by atoms with van der Waals surface area (Å²) in [4.78, 5) is 15.6. The molecule has 4 heteroatoms. The number of imidazole rings is 1. The fourth-order valence-electron chi connectivity index (χ4n) is 2.57. The van der Waals surface area contributed by atoms with Crippen LogP contribution < -0.4 is 0 Å². The molecule has 0 amide bonds. The van der Waals surface area contributed by atoms with Crippen molar-refractivity contribution >= 4 is 17.7 Å². The third-order valence-corrected chi connectivity index (χ3v) is 3.76. The van der Waals surface area contributed by atoms with Crippen LogP contribution >= 0.6 is 0 Å². The Morgan fingerprint density at radius 1 is 1.13 bits per heavy atom. The van der Waals surface area contributed by atoms with Gasteiger partial charge in [-0.25, -0.2) is 9.78 Å². The summed E-state index contributed by atoms with van der Waals surface area (Å²) in [5.41, 5.74) is 5.97. The molecule has 1 N–H and O–H groups in total. The number of nitrogens with zero attached hydrogens (tertiary/aromatic N) is 2. The van der Waals surface area contributed by atoms with Crippen LogP contribution in [0.2, 0.25) is 0 Å². The Hall–Kier alpha value is -2.88. The number of carboxylic acids is 1. The molecular formula is C19H18N2O2. The minimum absolute atomic E-state index is 0.667. The standard InChI is InChI=1S/C19H18N2O2/c1-13-3-6-15(7-4-13)11-16-17(8-10-19(22)23)21-12-14(2)5-9-18(21)20-16/h3-10,12H,11H2,1-2H3,(H,22,23)/b10-8+. The number of rotatable bonds is 4. The van der Waals surface area contributed by atoms with Crippen LogP contribution in [-0.2, 0) is 11.2 Å². The van der Waals surface area contributed by atoms with Gasteiger partial charge in [0.1, 0.15) is 5.65 Å². The van der Waals surface area contributed by atoms with Crippen molar-refractivity contribution in [1.29, 1.82) is 0 Å². The maximum absolute atomic E-state index is 10.9. The monoisotopic (exact) mass is 306 g/mol. The maximum atomic E-state index is 10.9. The van der Waals surface area contributed by atoms with Crippen LogP contribution in [0.5, 0.6) is 0 Å². The summed E-state index contributed by atoms with van der Waals surface area (Å²) in [5.74, 6) is -0.964. The van der Waals surface area contributed by atoms with Crippen LogP contribution in [0.25, 0.3) is 11.7 Å². The number of aromatic nitrogens is 2. The predicted molar refractivity (Wildman–Crippen MR) is 90.6 cm³/mol. The Balaban J connectivity index is 2.08. The van der Waals surface area contributed by atoms with Crippen LogP contribution in [0.3, 0.4) is 0 Å². The Morgan fingerprint density at radius 2 is 1.83 bits per heavy atom. The zero-order valence-corrected chi connectivity index (χ0v) is 13.2. The smallest absolute Gasteiger partial charge is 0.328 e. The lowest BCUT2D eigenvalue weighted by molar-refractivity contribution is -0.131. The van der Waals surface area contributed by atoms with Crippen molar-refractivity contribution in [2.24, 2.45) is 0 Å². The Bertz CT molecular complexity index is 890. The average molecular weight is 306 g/mol. The zero-order valence-electron chi connectivity index (χ0n) is 13.2. The van der Waals surface area contributed by atoms with E-state index in [1.165, 1.54) is 5.56 Å². The van der Waals surface area contributed by atoms with E-state index in [4.69, 9.17) is 5.11 Å². The summed E-state index contributed by atoms with van der Waals surface area (Å²) >= 11 is 0. The van der Waals surface area contributed by atoms with Gasteiger partial charge in [-0.2, -0.15) is 0 Å². The molecule has 0 radical (unpaired) electrons. The van der Waals surface area contributed by atoms with Crippen LogP contribution in [-0.4, -0.2) is 20.5 Å². The van der Waals surface area contributed by atoms with Crippen molar-refractivity contribution in [3.63, 3.8) is 0 Å². The van der Waals surface area contributed by atoms with E-state index in [-0.39, 0.29) is 0 Å². The summed E-state index contributed by atoms with van der Waals surface area (Å²) in [6.45, 7) is 4.06. The fraction of sp³-hybridized carbons (Fsp3) is 0.158. The van der Waals surface area contributed by atoms with Crippen LogP contribution in [0.15, 0.2) is 48.7 Å². The fourth-order valence-corrected chi connectivity index (χ4v) is 2.57. The van der Waals surface area contributed by atoms with Gasteiger partial charge in [-0.15, -0.1) is 0 Å². The Labute approximate surface area is 134 Å². The van der Waals surface area contributed by atoms with Gasteiger partial charge in [0.25, 0.3) is 0 Å². The highest BCUT2D eigenvalue weighted by atomic mass is 16.4. The molecule has 0 aliphatic heterocycles. The summed E-state index contributed by atoms with van der Waals surface area (Å²) in [7, 11) is 0. The molecule has 0 saturated heterocycles. The van der Waals surface area contributed by atoms with Crippen molar-refractivity contribution in [3.8, 4) is 0 Å². The number of carbonyl (C=O) groups is 1. The lowest BCUT2D eigenvalue weighted by Crippen LogP contribution is -1.95. The van der Waals surface area contributed by atoms with Gasteiger partial charge in [0, 0.05) is 18.7 Å². The summed E-state index contributed by atoms with van der Waals surface area (Å²) in [6.07, 6.45) is 5.42. The van der Waals surface area contributed by atoms with Gasteiger partial charge < -0.3 is 5.11 Å². The first-order valence-electron chi connectivity index (χ1n) is 7.47. The molecule has 0 bridgehead atoms. The second-order valence-electron chi connectivity index (χ2n) is 5.71. The van der Waals surface area contributed by atoms with E-state index in [2.05, 4.69) is 36.2 Å². The second-order valence-corrected chi connectivity index (χ2v) is 5.71. The molecule has 0 atom stereocenters. The summed E-state index contributed by atoms with van der Waals surface area (Å²) in [6, 6.07) is 12.3. The predicted octanol–water partition coefficient (Wildman–Crippen LogP) is 3.64. The molecule has 3 aromatic rings. The van der Waals surface area contributed by atoms with Crippen molar-refractivity contribution < 1.29 is 9.90 Å². The Kier molecular flexibility index (Phi) is 3.98. The number of pyridine rings is 1. The highest BCUT2D eigenvalue weighted by molar-refractivity contribution is 5.85. The number of carboxylic acid groups (broad SMARTS) is 1. The van der Waals surface area contributed by atoms with Crippen molar-refractivity contribution in [3.05, 3.63) is 76.7 Å². The molecule has 23 heavy (non-hydrogen) atoms. The van der Waals surface area contributed by atoms with Crippen LogP contribution in [0.4, 0.5) is 0 Å². The number of hydrogen-bond donors (Lipinski definition) is 1. The lowest BCUT2D eigenvalue weighted by atomic mass is 10.1. The molecular weight excluding hydrogens is 288 g/mol. The number of aliphatic carboxylic acids is 1. The molecule has 2 aromatic heterocycles. The first-order chi connectivity index (χ1) is 11.0. The summed E-state index contributed by atoms with van der Waals surface area (Å²) in [5, 5.41) is 8.93. The van der Waals surface area contributed by atoms with E-state index in [0.29, 0.717) is 6.42 Å². The molecule has 1 aromatic carbocycles. The normalized spacial score (nSPS) is 11.4. The van der Waals surface area contributed by atoms with E-state index in [0.717, 1.165) is 34.2 Å². The van der Waals surface area contributed by atoms with Crippen LogP contribution in [0, 0.1) is 13.8 Å². The minimum atomic E-state index is -0.964. The third-order valence-electron chi connectivity index (χ3n) is 3.76. The maximum Gasteiger partial charge on any atom is 0.328 e. The second kappa shape index (κ2) is 6.08. The van der Waals surface area contributed by atoms with Crippen molar-refractivity contribution in [2.45, 2.75) is 20.3 Å². The van der Waals surface area contributed by atoms with Crippen molar-refractivity contribution in [2.75, 3.05) is 0 Å². The summed E-state index contributed by atoms with van der Waals surface area (Å²) < 4.78 is 1.94. The lowest BCUT2D eigenvalue weighted by Gasteiger charge is -2.02. The molecule has 0 spiro atoms. The molecule has 116 valence electrons. The highest BCUT2D eigenvalue weighted by Gasteiger charge is 2.11. The van der Waals surface area contributed by atoms with Gasteiger partial charge in [-0.3, -0.25) is 4.40 Å². The first kappa shape index (κ1) is 15.0. The molecule has 0 fully saturated rings. The van der Waals surface area contributed by atoms with Gasteiger partial charge in [0.15, 0.2) is 0 Å². The molecule has 0 aliphatic carbocycles. The average Bonchev–Trinajstić information content (AvgIpc) is 2.84. The van der Waals surface area contributed by atoms with Gasteiger partial charge >= 0.3 is 5.97 Å². The minimum Gasteiger partial charge on any atom is -0.478 e. The number of fused-ring (bicyclic) bond motifs is 1. The third kappa shape index (κ3) is 3.31. The zero-order chi connectivity index (χ0) is 16.4. The molecule has 0 unspecified atom stereocenters. The Morgan fingerprint density at radius 3 is 2.52 bits per heavy atom.